The van der Waals surface area contributed by atoms with Crippen molar-refractivity contribution in [2.24, 2.45) is 0 Å². The first kappa shape index (κ1) is 15.6. The van der Waals surface area contributed by atoms with Gasteiger partial charge < -0.3 is 9.47 Å². The number of rotatable bonds is 5. The summed E-state index contributed by atoms with van der Waals surface area (Å²) in [7, 11) is 0. The van der Waals surface area contributed by atoms with E-state index in [0.29, 0.717) is 6.61 Å². The van der Waals surface area contributed by atoms with Crippen LogP contribution in [0.15, 0.2) is 36.6 Å². The molecule has 0 amide bonds. The highest BCUT2D eigenvalue weighted by Crippen LogP contribution is 2.41. The average molecular weight is 339 g/mol. The third-order valence-corrected chi connectivity index (χ3v) is 5.10. The number of hydrogen-bond acceptors (Lipinski definition) is 2. The molecule has 2 rings (SSSR count). The van der Waals surface area contributed by atoms with Crippen LogP contribution in [0, 0.1) is 0 Å². The standard InChI is InChI=1S/C17H23BrO2/c1-4-20-13(2)16(18)14-7-5-6-8-15(14)17(3)9-11-19-12-10-17/h5-8,16H,2,4,9-12H2,1,3H3. The molecule has 1 fully saturated rings. The molecule has 0 N–H and O–H groups in total. The van der Waals surface area contributed by atoms with Crippen molar-refractivity contribution in [2.75, 3.05) is 19.8 Å². The van der Waals surface area contributed by atoms with Gasteiger partial charge in [-0.25, -0.2) is 0 Å². The number of allylic oxidation sites excluding steroid dienone is 1. The minimum absolute atomic E-state index is 0.0401. The van der Waals surface area contributed by atoms with Crippen LogP contribution in [0.4, 0.5) is 0 Å². The quantitative estimate of drug-likeness (QED) is 0.570. The lowest BCUT2D eigenvalue weighted by molar-refractivity contribution is 0.0561. The van der Waals surface area contributed by atoms with Crippen molar-refractivity contribution >= 4 is 15.9 Å². The van der Waals surface area contributed by atoms with Gasteiger partial charge in [0.25, 0.3) is 0 Å². The minimum Gasteiger partial charge on any atom is -0.497 e. The van der Waals surface area contributed by atoms with E-state index in [1.54, 1.807) is 0 Å². The summed E-state index contributed by atoms with van der Waals surface area (Å²) < 4.78 is 11.1. The monoisotopic (exact) mass is 338 g/mol. The van der Waals surface area contributed by atoms with Crippen LogP contribution in [0.25, 0.3) is 0 Å². The van der Waals surface area contributed by atoms with E-state index in [0.717, 1.165) is 31.8 Å². The van der Waals surface area contributed by atoms with E-state index in [1.807, 2.05) is 6.92 Å². The molecule has 1 aromatic carbocycles. The molecule has 110 valence electrons. The molecule has 0 aliphatic carbocycles. The van der Waals surface area contributed by atoms with Gasteiger partial charge in [-0.3, -0.25) is 0 Å². The Morgan fingerprint density at radius 2 is 2.05 bits per heavy atom. The van der Waals surface area contributed by atoms with E-state index in [4.69, 9.17) is 9.47 Å². The summed E-state index contributed by atoms with van der Waals surface area (Å²) >= 11 is 3.74. The zero-order valence-electron chi connectivity index (χ0n) is 12.3. The highest BCUT2D eigenvalue weighted by molar-refractivity contribution is 9.09. The van der Waals surface area contributed by atoms with Crippen molar-refractivity contribution < 1.29 is 9.47 Å². The van der Waals surface area contributed by atoms with Crippen molar-refractivity contribution in [1.29, 1.82) is 0 Å². The maximum absolute atomic E-state index is 5.57. The first-order valence-corrected chi connectivity index (χ1v) is 8.13. The SMILES string of the molecule is C=C(OCC)C(Br)c1ccccc1C1(C)CCOCC1. The molecule has 3 heteroatoms. The van der Waals surface area contributed by atoms with Gasteiger partial charge in [-0.05, 0) is 36.3 Å². The molecule has 0 aromatic heterocycles. The molecule has 2 nitrogen and oxygen atoms in total. The summed E-state index contributed by atoms with van der Waals surface area (Å²) in [4.78, 5) is 0.0401. The third-order valence-electron chi connectivity index (χ3n) is 4.09. The molecule has 1 saturated heterocycles. The van der Waals surface area contributed by atoms with Crippen LogP contribution in [0.1, 0.15) is 42.6 Å². The van der Waals surface area contributed by atoms with Crippen LogP contribution in [0.3, 0.4) is 0 Å². The van der Waals surface area contributed by atoms with Crippen molar-refractivity contribution in [1.82, 2.24) is 0 Å². The summed E-state index contributed by atoms with van der Waals surface area (Å²) in [5.74, 6) is 0.774. The van der Waals surface area contributed by atoms with Crippen LogP contribution in [0.5, 0.6) is 0 Å². The van der Waals surface area contributed by atoms with Gasteiger partial charge in [-0.1, -0.05) is 53.7 Å². The van der Waals surface area contributed by atoms with Crippen LogP contribution in [-0.2, 0) is 14.9 Å². The molecule has 1 unspecified atom stereocenters. The van der Waals surface area contributed by atoms with Gasteiger partial charge in [0.2, 0.25) is 0 Å². The van der Waals surface area contributed by atoms with Gasteiger partial charge in [0, 0.05) is 13.2 Å². The molecule has 0 bridgehead atoms. The smallest absolute Gasteiger partial charge is 0.107 e. The van der Waals surface area contributed by atoms with Crippen molar-refractivity contribution in [3.63, 3.8) is 0 Å². The minimum atomic E-state index is 0.0401. The molecule has 1 aliphatic rings. The van der Waals surface area contributed by atoms with Crippen LogP contribution < -0.4 is 0 Å². The largest absolute Gasteiger partial charge is 0.497 e. The normalized spacial score (nSPS) is 19.4. The molecule has 0 spiro atoms. The maximum atomic E-state index is 5.57. The first-order chi connectivity index (χ1) is 9.58. The average Bonchev–Trinajstić information content (AvgIpc) is 2.47. The molecule has 1 heterocycles. The lowest BCUT2D eigenvalue weighted by atomic mass is 9.73. The van der Waals surface area contributed by atoms with E-state index in [9.17, 15) is 0 Å². The van der Waals surface area contributed by atoms with Crippen LogP contribution >= 0.6 is 15.9 Å². The summed E-state index contributed by atoms with van der Waals surface area (Å²) in [5, 5.41) is 0. The van der Waals surface area contributed by atoms with E-state index in [-0.39, 0.29) is 10.2 Å². The Kier molecular flexibility index (Phi) is 5.28. The molecular weight excluding hydrogens is 316 g/mol. The molecule has 1 atom stereocenters. The predicted molar refractivity (Wildman–Crippen MR) is 86.3 cm³/mol. The second-order valence-electron chi connectivity index (χ2n) is 5.52. The van der Waals surface area contributed by atoms with Gasteiger partial charge in [0.15, 0.2) is 0 Å². The molecule has 1 aliphatic heterocycles. The second-order valence-corrected chi connectivity index (χ2v) is 6.44. The fourth-order valence-corrected chi connectivity index (χ4v) is 3.32. The van der Waals surface area contributed by atoms with Crippen LogP contribution in [0.2, 0.25) is 0 Å². The van der Waals surface area contributed by atoms with E-state index in [1.165, 1.54) is 11.1 Å². The Labute approximate surface area is 130 Å². The fourth-order valence-electron chi connectivity index (χ4n) is 2.79. The summed E-state index contributed by atoms with van der Waals surface area (Å²) in [6.07, 6.45) is 2.12. The highest BCUT2D eigenvalue weighted by atomic mass is 79.9. The van der Waals surface area contributed by atoms with Crippen LogP contribution in [-0.4, -0.2) is 19.8 Å². The number of halogens is 1. The molecule has 20 heavy (non-hydrogen) atoms. The fraction of sp³-hybridized carbons (Fsp3) is 0.529. The van der Waals surface area contributed by atoms with Crippen molar-refractivity contribution in [2.45, 2.75) is 36.9 Å². The van der Waals surface area contributed by atoms with Gasteiger partial charge in [-0.2, -0.15) is 0 Å². The lowest BCUT2D eigenvalue weighted by Gasteiger charge is -2.36. The van der Waals surface area contributed by atoms with Crippen molar-refractivity contribution in [3.8, 4) is 0 Å². The molecular formula is C17H23BrO2. The van der Waals surface area contributed by atoms with Gasteiger partial charge in [0.05, 0.1) is 11.4 Å². The molecule has 1 aromatic rings. The van der Waals surface area contributed by atoms with Gasteiger partial charge >= 0.3 is 0 Å². The van der Waals surface area contributed by atoms with Gasteiger partial charge in [-0.15, -0.1) is 0 Å². The Morgan fingerprint density at radius 1 is 1.40 bits per heavy atom. The Hall–Kier alpha value is -0.800. The molecule has 0 radical (unpaired) electrons. The second kappa shape index (κ2) is 6.77. The number of alkyl halides is 1. The topological polar surface area (TPSA) is 18.5 Å². The Bertz CT molecular complexity index is 464. The third kappa shape index (κ3) is 3.26. The zero-order chi connectivity index (χ0) is 14.6. The van der Waals surface area contributed by atoms with E-state index < -0.39 is 0 Å². The Balaban J connectivity index is 2.32. The predicted octanol–water partition coefficient (Wildman–Crippen LogP) is 4.74. The van der Waals surface area contributed by atoms with Gasteiger partial charge in [0.1, 0.15) is 5.76 Å². The zero-order valence-corrected chi connectivity index (χ0v) is 13.9. The first-order valence-electron chi connectivity index (χ1n) is 7.21. The van der Waals surface area contributed by atoms with Crippen molar-refractivity contribution in [3.05, 3.63) is 47.7 Å². The maximum Gasteiger partial charge on any atom is 0.107 e. The summed E-state index contributed by atoms with van der Waals surface area (Å²) in [6.45, 7) is 10.7. The Morgan fingerprint density at radius 3 is 2.70 bits per heavy atom. The lowest BCUT2D eigenvalue weighted by Crippen LogP contribution is -2.31. The number of ether oxygens (including phenoxy) is 2. The summed E-state index contributed by atoms with van der Waals surface area (Å²) in [5.41, 5.74) is 2.81. The summed E-state index contributed by atoms with van der Waals surface area (Å²) in [6, 6.07) is 8.59. The van der Waals surface area contributed by atoms with E-state index >= 15 is 0 Å². The number of hydrogen-bond donors (Lipinski definition) is 0. The molecule has 0 saturated carbocycles. The highest BCUT2D eigenvalue weighted by Gasteiger charge is 2.32. The number of benzene rings is 1. The van der Waals surface area contributed by atoms with E-state index in [2.05, 4.69) is 53.7 Å².